The predicted molar refractivity (Wildman–Crippen MR) is 57.7 cm³/mol. The molecule has 16 heavy (non-hydrogen) atoms. The quantitative estimate of drug-likeness (QED) is 0.724. The maximum atomic E-state index is 12.6. The normalized spacial score (nSPS) is 10.2. The molecule has 0 aliphatic heterocycles. The number of ether oxygens (including phenoxy) is 2. The summed E-state index contributed by atoms with van der Waals surface area (Å²) in [5.74, 6) is -0.0672. The molecule has 1 aromatic rings. The Kier molecular flexibility index (Phi) is 4.76. The Hall–Kier alpha value is -1.58. The molecule has 0 N–H and O–H groups in total. The van der Waals surface area contributed by atoms with Crippen LogP contribution in [0.2, 0.25) is 0 Å². The molecular formula is C12H15FO3. The van der Waals surface area contributed by atoms with Crippen LogP contribution in [0.25, 0.3) is 0 Å². The van der Waals surface area contributed by atoms with Crippen LogP contribution in [0.1, 0.15) is 20.3 Å². The molecule has 4 heteroatoms. The van der Waals surface area contributed by atoms with Crippen molar-refractivity contribution in [2.45, 2.75) is 26.4 Å². The van der Waals surface area contributed by atoms with Crippen molar-refractivity contribution in [1.29, 1.82) is 0 Å². The number of carbonyl (C=O) groups excluding carboxylic acids is 1. The first kappa shape index (κ1) is 12.5. The summed E-state index contributed by atoms with van der Waals surface area (Å²) in [5, 5.41) is 0. The largest absolute Gasteiger partial charge is 0.493 e. The van der Waals surface area contributed by atoms with Gasteiger partial charge in [0.2, 0.25) is 0 Å². The molecule has 0 atom stereocenters. The van der Waals surface area contributed by atoms with Crippen molar-refractivity contribution in [3.05, 3.63) is 30.1 Å². The van der Waals surface area contributed by atoms with Crippen LogP contribution < -0.4 is 4.74 Å². The molecule has 0 unspecified atom stereocenters. The van der Waals surface area contributed by atoms with Crippen molar-refractivity contribution >= 4 is 5.97 Å². The Balaban J connectivity index is 2.25. The standard InChI is InChI=1S/C12H15FO3/c1-9(2)16-12(14)7-8-15-11-5-3-10(13)4-6-11/h3-6,9H,7-8H2,1-2H3. The van der Waals surface area contributed by atoms with Crippen LogP contribution in [0.4, 0.5) is 4.39 Å². The van der Waals surface area contributed by atoms with Crippen molar-refractivity contribution in [1.82, 2.24) is 0 Å². The molecule has 0 fully saturated rings. The van der Waals surface area contributed by atoms with Crippen LogP contribution in [0.15, 0.2) is 24.3 Å². The van der Waals surface area contributed by atoms with E-state index < -0.39 is 0 Å². The minimum absolute atomic E-state index is 0.113. The van der Waals surface area contributed by atoms with Gasteiger partial charge >= 0.3 is 5.97 Å². The maximum Gasteiger partial charge on any atom is 0.309 e. The maximum absolute atomic E-state index is 12.6. The molecule has 0 aliphatic rings. The van der Waals surface area contributed by atoms with Gasteiger partial charge in [-0.3, -0.25) is 4.79 Å². The number of benzene rings is 1. The molecule has 0 radical (unpaired) electrons. The fourth-order valence-electron chi connectivity index (χ4n) is 1.10. The zero-order chi connectivity index (χ0) is 12.0. The second-order valence-corrected chi connectivity index (χ2v) is 3.59. The van der Waals surface area contributed by atoms with E-state index in [1.807, 2.05) is 0 Å². The van der Waals surface area contributed by atoms with Gasteiger partial charge in [0, 0.05) is 0 Å². The first-order valence-electron chi connectivity index (χ1n) is 5.16. The third-order valence-corrected chi connectivity index (χ3v) is 1.76. The van der Waals surface area contributed by atoms with Gasteiger partial charge in [0.05, 0.1) is 19.1 Å². The molecule has 3 nitrogen and oxygen atoms in total. The zero-order valence-corrected chi connectivity index (χ0v) is 9.40. The third-order valence-electron chi connectivity index (χ3n) is 1.76. The predicted octanol–water partition coefficient (Wildman–Crippen LogP) is 2.55. The number of rotatable bonds is 5. The smallest absolute Gasteiger partial charge is 0.309 e. The fraction of sp³-hybridized carbons (Fsp3) is 0.417. The van der Waals surface area contributed by atoms with Gasteiger partial charge in [-0.2, -0.15) is 0 Å². The molecule has 0 saturated heterocycles. The highest BCUT2D eigenvalue weighted by atomic mass is 19.1. The Morgan fingerprint density at radius 1 is 1.31 bits per heavy atom. The SMILES string of the molecule is CC(C)OC(=O)CCOc1ccc(F)cc1. The Bertz CT molecular complexity index is 333. The Morgan fingerprint density at radius 3 is 2.50 bits per heavy atom. The molecule has 0 heterocycles. The van der Waals surface area contributed by atoms with Crippen LogP contribution >= 0.6 is 0 Å². The monoisotopic (exact) mass is 226 g/mol. The van der Waals surface area contributed by atoms with Gasteiger partial charge in [0.15, 0.2) is 0 Å². The van der Waals surface area contributed by atoms with Crippen molar-refractivity contribution < 1.29 is 18.7 Å². The van der Waals surface area contributed by atoms with Gasteiger partial charge in [0.25, 0.3) is 0 Å². The highest BCUT2D eigenvalue weighted by Crippen LogP contribution is 2.11. The van der Waals surface area contributed by atoms with Crippen molar-refractivity contribution in [3.8, 4) is 5.75 Å². The van der Waals surface area contributed by atoms with E-state index in [2.05, 4.69) is 0 Å². The highest BCUT2D eigenvalue weighted by Gasteiger charge is 2.05. The second kappa shape index (κ2) is 6.10. The summed E-state index contributed by atoms with van der Waals surface area (Å²) < 4.78 is 22.7. The van der Waals surface area contributed by atoms with E-state index in [9.17, 15) is 9.18 Å². The van der Waals surface area contributed by atoms with Crippen molar-refractivity contribution in [2.24, 2.45) is 0 Å². The number of esters is 1. The van der Waals surface area contributed by atoms with E-state index >= 15 is 0 Å². The Labute approximate surface area is 94.2 Å². The van der Waals surface area contributed by atoms with Crippen LogP contribution in [0.3, 0.4) is 0 Å². The first-order chi connectivity index (χ1) is 7.58. The topological polar surface area (TPSA) is 35.5 Å². The second-order valence-electron chi connectivity index (χ2n) is 3.59. The fourth-order valence-corrected chi connectivity index (χ4v) is 1.10. The molecule has 0 spiro atoms. The van der Waals surface area contributed by atoms with Crippen LogP contribution in [0.5, 0.6) is 5.75 Å². The van der Waals surface area contributed by atoms with Gasteiger partial charge in [-0.15, -0.1) is 0 Å². The minimum atomic E-state index is -0.313. The first-order valence-corrected chi connectivity index (χ1v) is 5.16. The molecular weight excluding hydrogens is 211 g/mol. The van der Waals surface area contributed by atoms with Crippen molar-refractivity contribution in [3.63, 3.8) is 0 Å². The minimum Gasteiger partial charge on any atom is -0.493 e. The molecule has 0 aliphatic carbocycles. The van der Waals surface area contributed by atoms with E-state index in [1.54, 1.807) is 13.8 Å². The molecule has 1 aromatic carbocycles. The summed E-state index contributed by atoms with van der Waals surface area (Å²) in [6.07, 6.45) is 0.0774. The van der Waals surface area contributed by atoms with Crippen LogP contribution in [-0.2, 0) is 9.53 Å². The molecule has 0 saturated carbocycles. The molecule has 0 bridgehead atoms. The van der Waals surface area contributed by atoms with Crippen LogP contribution in [-0.4, -0.2) is 18.7 Å². The van der Waals surface area contributed by atoms with E-state index in [0.717, 1.165) is 0 Å². The van der Waals surface area contributed by atoms with E-state index in [0.29, 0.717) is 5.75 Å². The number of carbonyl (C=O) groups is 1. The summed E-state index contributed by atoms with van der Waals surface area (Å²) in [6.45, 7) is 3.81. The van der Waals surface area contributed by atoms with Gasteiger partial charge in [0.1, 0.15) is 11.6 Å². The van der Waals surface area contributed by atoms with Gasteiger partial charge < -0.3 is 9.47 Å². The molecule has 0 aromatic heterocycles. The summed E-state index contributed by atoms with van der Waals surface area (Å²) in [4.78, 5) is 11.1. The molecule has 88 valence electrons. The lowest BCUT2D eigenvalue weighted by atomic mass is 10.3. The van der Waals surface area contributed by atoms with Crippen LogP contribution in [0, 0.1) is 5.82 Å². The van der Waals surface area contributed by atoms with E-state index in [4.69, 9.17) is 9.47 Å². The number of hydrogen-bond donors (Lipinski definition) is 0. The zero-order valence-electron chi connectivity index (χ0n) is 9.40. The third kappa shape index (κ3) is 4.77. The lowest BCUT2D eigenvalue weighted by Gasteiger charge is -2.08. The number of hydrogen-bond acceptors (Lipinski definition) is 3. The van der Waals surface area contributed by atoms with E-state index in [1.165, 1.54) is 24.3 Å². The summed E-state index contributed by atoms with van der Waals surface area (Å²) in [7, 11) is 0. The summed E-state index contributed by atoms with van der Waals surface area (Å²) in [5.41, 5.74) is 0. The van der Waals surface area contributed by atoms with Gasteiger partial charge in [-0.25, -0.2) is 4.39 Å². The highest BCUT2D eigenvalue weighted by molar-refractivity contribution is 5.69. The molecule has 1 rings (SSSR count). The molecule has 0 amide bonds. The Morgan fingerprint density at radius 2 is 1.94 bits per heavy atom. The average Bonchev–Trinajstić information content (AvgIpc) is 2.20. The van der Waals surface area contributed by atoms with Gasteiger partial charge in [-0.1, -0.05) is 0 Å². The van der Waals surface area contributed by atoms with E-state index in [-0.39, 0.29) is 30.9 Å². The summed E-state index contributed by atoms with van der Waals surface area (Å²) in [6, 6.07) is 5.65. The lowest BCUT2D eigenvalue weighted by Crippen LogP contribution is -2.14. The number of halogens is 1. The average molecular weight is 226 g/mol. The van der Waals surface area contributed by atoms with Crippen molar-refractivity contribution in [2.75, 3.05) is 6.61 Å². The summed E-state index contributed by atoms with van der Waals surface area (Å²) >= 11 is 0. The lowest BCUT2D eigenvalue weighted by molar-refractivity contribution is -0.147. The van der Waals surface area contributed by atoms with Gasteiger partial charge in [-0.05, 0) is 38.1 Å².